The number of aromatic hydroxyl groups is 1. The Kier molecular flexibility index (Phi) is 5.36. The summed E-state index contributed by atoms with van der Waals surface area (Å²) in [6.45, 7) is 0. The van der Waals surface area contributed by atoms with Gasteiger partial charge in [-0.15, -0.1) is 0 Å². The van der Waals surface area contributed by atoms with Crippen LogP contribution in [0.4, 0.5) is 0 Å². The monoisotopic (exact) mass is 268 g/mol. The molecule has 1 rings (SSSR count). The van der Waals surface area contributed by atoms with Crippen molar-refractivity contribution >= 4 is 12.3 Å². The Morgan fingerprint density at radius 1 is 1.40 bits per heavy atom. The maximum atomic E-state index is 9.44. The molecule has 6 nitrogen and oxygen atoms in total. The molecule has 100 valence electrons. The molecule has 1 aromatic carbocycles. The van der Waals surface area contributed by atoms with Gasteiger partial charge in [-0.3, -0.25) is 0 Å². The van der Waals surface area contributed by atoms with Gasteiger partial charge in [-0.05, 0) is 23.8 Å². The van der Waals surface area contributed by atoms with Gasteiger partial charge in [0.05, 0.1) is 7.11 Å². The number of nitriles is 2. The fourth-order valence-electron chi connectivity index (χ4n) is 1.28. The van der Waals surface area contributed by atoms with E-state index < -0.39 is 0 Å². The van der Waals surface area contributed by atoms with Crippen molar-refractivity contribution in [1.82, 2.24) is 0 Å². The van der Waals surface area contributed by atoms with Crippen LogP contribution in [0.1, 0.15) is 5.56 Å². The molecular formula is C14H12N4O2. The highest BCUT2D eigenvalue weighted by atomic mass is 16.5. The van der Waals surface area contributed by atoms with Crippen LogP contribution in [0.25, 0.3) is 6.08 Å². The Hall–Kier alpha value is -3.25. The van der Waals surface area contributed by atoms with E-state index in [0.717, 1.165) is 5.56 Å². The number of phenols is 1. The second-order valence-electron chi connectivity index (χ2n) is 3.55. The molecule has 3 N–H and O–H groups in total. The molecule has 0 atom stereocenters. The van der Waals surface area contributed by atoms with Gasteiger partial charge in [-0.2, -0.15) is 10.5 Å². The standard InChI is InChI=1S/C14H12N4O2/c1-20-14-7-10(4-5-13(14)19)3-2-6-18-12(9-16)11(17)8-15/h2-7,19H,17H2,1H3/b3-2+,12-11-,18-6+. The number of nitrogens with two attached hydrogens (primary N) is 1. The molecule has 6 heteroatoms. The van der Waals surface area contributed by atoms with E-state index in [9.17, 15) is 5.11 Å². The molecule has 0 amide bonds. The van der Waals surface area contributed by atoms with Crippen LogP contribution >= 0.6 is 0 Å². The molecule has 0 unspecified atom stereocenters. The van der Waals surface area contributed by atoms with Gasteiger partial charge in [-0.25, -0.2) is 4.99 Å². The van der Waals surface area contributed by atoms with Gasteiger partial charge in [0.25, 0.3) is 0 Å². The van der Waals surface area contributed by atoms with Gasteiger partial charge in [0, 0.05) is 6.21 Å². The van der Waals surface area contributed by atoms with Crippen molar-refractivity contribution < 1.29 is 9.84 Å². The first kappa shape index (κ1) is 14.8. The summed E-state index contributed by atoms with van der Waals surface area (Å²) >= 11 is 0. The fourth-order valence-corrected chi connectivity index (χ4v) is 1.28. The molecule has 0 aromatic heterocycles. The highest BCUT2D eigenvalue weighted by molar-refractivity contribution is 5.79. The van der Waals surface area contributed by atoms with Crippen LogP contribution in [-0.4, -0.2) is 18.4 Å². The Labute approximate surface area is 116 Å². The van der Waals surface area contributed by atoms with Crippen molar-refractivity contribution in [3.8, 4) is 23.6 Å². The summed E-state index contributed by atoms with van der Waals surface area (Å²) in [7, 11) is 1.46. The number of methoxy groups -OCH3 is 1. The van der Waals surface area contributed by atoms with E-state index in [0.29, 0.717) is 5.75 Å². The van der Waals surface area contributed by atoms with Gasteiger partial charge in [-0.1, -0.05) is 12.1 Å². The van der Waals surface area contributed by atoms with Crippen LogP contribution in [0.3, 0.4) is 0 Å². The zero-order valence-corrected chi connectivity index (χ0v) is 10.7. The van der Waals surface area contributed by atoms with Crippen molar-refractivity contribution in [2.75, 3.05) is 7.11 Å². The molecule has 0 bridgehead atoms. The van der Waals surface area contributed by atoms with E-state index in [-0.39, 0.29) is 17.1 Å². The summed E-state index contributed by atoms with van der Waals surface area (Å²) < 4.78 is 4.97. The molecule has 0 aliphatic rings. The largest absolute Gasteiger partial charge is 0.504 e. The molecule has 0 radical (unpaired) electrons. The lowest BCUT2D eigenvalue weighted by Gasteiger charge is -2.03. The number of nitrogens with zero attached hydrogens (tertiary/aromatic N) is 3. The average molecular weight is 268 g/mol. The minimum Gasteiger partial charge on any atom is -0.504 e. The normalized spacial score (nSPS) is 11.9. The Balaban J connectivity index is 2.86. The van der Waals surface area contributed by atoms with Gasteiger partial charge in [0.15, 0.2) is 17.2 Å². The van der Waals surface area contributed by atoms with Crippen molar-refractivity contribution in [3.05, 3.63) is 41.2 Å². The molecule has 1 aromatic rings. The number of hydrogen-bond acceptors (Lipinski definition) is 6. The van der Waals surface area contributed by atoms with E-state index in [1.165, 1.54) is 19.4 Å². The average Bonchev–Trinajstić information content (AvgIpc) is 2.48. The lowest BCUT2D eigenvalue weighted by atomic mass is 10.2. The van der Waals surface area contributed by atoms with Gasteiger partial charge in [0.2, 0.25) is 0 Å². The third kappa shape index (κ3) is 3.90. The van der Waals surface area contributed by atoms with Crippen LogP contribution in [0.5, 0.6) is 11.5 Å². The molecule has 0 heterocycles. The topological polar surface area (TPSA) is 115 Å². The SMILES string of the molecule is COc1cc(/C=C/C=N/C(C#N)=C(\N)C#N)ccc1O. The van der Waals surface area contributed by atoms with Crippen molar-refractivity contribution in [2.24, 2.45) is 10.7 Å². The maximum Gasteiger partial charge on any atom is 0.174 e. The quantitative estimate of drug-likeness (QED) is 0.637. The Morgan fingerprint density at radius 2 is 2.15 bits per heavy atom. The lowest BCUT2D eigenvalue weighted by Crippen LogP contribution is -1.97. The summed E-state index contributed by atoms with van der Waals surface area (Å²) in [5.74, 6) is 0.408. The lowest BCUT2D eigenvalue weighted by molar-refractivity contribution is 0.373. The Morgan fingerprint density at radius 3 is 2.75 bits per heavy atom. The van der Waals surface area contributed by atoms with Crippen LogP contribution in [0.15, 0.2) is 40.7 Å². The number of phenolic OH excluding ortho intramolecular Hbond substituents is 1. The van der Waals surface area contributed by atoms with Gasteiger partial charge >= 0.3 is 0 Å². The number of allylic oxidation sites excluding steroid dienone is 3. The van der Waals surface area contributed by atoms with Crippen LogP contribution < -0.4 is 10.5 Å². The van der Waals surface area contributed by atoms with Gasteiger partial charge in [0.1, 0.15) is 17.8 Å². The third-order valence-corrected chi connectivity index (χ3v) is 2.26. The van der Waals surface area contributed by atoms with E-state index in [1.54, 1.807) is 36.4 Å². The fraction of sp³-hybridized carbons (Fsp3) is 0.0714. The summed E-state index contributed by atoms with van der Waals surface area (Å²) in [6, 6.07) is 8.21. The molecule has 0 fully saturated rings. The summed E-state index contributed by atoms with van der Waals surface area (Å²) in [5.41, 5.74) is 5.70. The first-order chi connectivity index (χ1) is 9.62. The van der Waals surface area contributed by atoms with Crippen molar-refractivity contribution in [3.63, 3.8) is 0 Å². The first-order valence-electron chi connectivity index (χ1n) is 5.50. The molecule has 0 aliphatic heterocycles. The Bertz CT molecular complexity index is 661. The zero-order chi connectivity index (χ0) is 15.0. The number of benzene rings is 1. The smallest absolute Gasteiger partial charge is 0.174 e. The number of ether oxygens (including phenoxy) is 1. The van der Waals surface area contributed by atoms with Gasteiger partial charge < -0.3 is 15.6 Å². The molecule has 0 saturated carbocycles. The molecule has 0 spiro atoms. The first-order valence-corrected chi connectivity index (χ1v) is 5.50. The van der Waals surface area contributed by atoms with Crippen LogP contribution in [0.2, 0.25) is 0 Å². The van der Waals surface area contributed by atoms with Crippen LogP contribution in [-0.2, 0) is 0 Å². The highest BCUT2D eigenvalue weighted by Crippen LogP contribution is 2.26. The summed E-state index contributed by atoms with van der Waals surface area (Å²) in [6.07, 6.45) is 4.62. The predicted octanol–water partition coefficient (Wildman–Crippen LogP) is 1.70. The van der Waals surface area contributed by atoms with E-state index >= 15 is 0 Å². The maximum absolute atomic E-state index is 9.44. The summed E-state index contributed by atoms with van der Waals surface area (Å²) in [5, 5.41) is 26.7. The zero-order valence-electron chi connectivity index (χ0n) is 10.7. The van der Waals surface area contributed by atoms with Crippen molar-refractivity contribution in [1.29, 1.82) is 10.5 Å². The predicted molar refractivity (Wildman–Crippen MR) is 74.6 cm³/mol. The molecule has 0 aliphatic carbocycles. The molecule has 0 saturated heterocycles. The second-order valence-corrected chi connectivity index (χ2v) is 3.55. The highest BCUT2D eigenvalue weighted by Gasteiger charge is 2.00. The number of aliphatic imine (C=N–C) groups is 1. The van der Waals surface area contributed by atoms with E-state index in [4.69, 9.17) is 21.0 Å². The van der Waals surface area contributed by atoms with Crippen molar-refractivity contribution in [2.45, 2.75) is 0 Å². The van der Waals surface area contributed by atoms with E-state index in [2.05, 4.69) is 4.99 Å². The minimum atomic E-state index is -0.233. The second kappa shape index (κ2) is 7.24. The third-order valence-electron chi connectivity index (χ3n) is 2.26. The number of hydrogen-bond donors (Lipinski definition) is 2. The summed E-state index contributed by atoms with van der Waals surface area (Å²) in [4.78, 5) is 3.77. The van der Waals surface area contributed by atoms with Crippen LogP contribution in [0, 0.1) is 22.7 Å². The molecular weight excluding hydrogens is 256 g/mol. The van der Waals surface area contributed by atoms with E-state index in [1.807, 2.05) is 0 Å². The molecule has 20 heavy (non-hydrogen) atoms. The number of rotatable bonds is 4. The minimum absolute atomic E-state index is 0.0508.